The monoisotopic (exact) mass is 277 g/mol. The van der Waals surface area contributed by atoms with Crippen LogP contribution in [0.15, 0.2) is 24.5 Å². The second kappa shape index (κ2) is 5.14. The molecule has 0 atom stereocenters. The van der Waals surface area contributed by atoms with Gasteiger partial charge in [-0.25, -0.2) is 4.98 Å². The maximum Gasteiger partial charge on any atom is 0.137 e. The van der Waals surface area contributed by atoms with E-state index in [9.17, 15) is 0 Å². The van der Waals surface area contributed by atoms with Crippen LogP contribution in [-0.4, -0.2) is 15.9 Å². The number of halogens is 1. The molecule has 4 heteroatoms. The van der Waals surface area contributed by atoms with Crippen molar-refractivity contribution in [3.63, 3.8) is 0 Å². The zero-order chi connectivity index (χ0) is 13.3. The van der Waals surface area contributed by atoms with Crippen LogP contribution < -0.4 is 5.32 Å². The zero-order valence-electron chi connectivity index (χ0n) is 11.3. The van der Waals surface area contributed by atoms with E-state index >= 15 is 0 Å². The van der Waals surface area contributed by atoms with Crippen molar-refractivity contribution < 1.29 is 0 Å². The van der Waals surface area contributed by atoms with Gasteiger partial charge in [0.05, 0.1) is 10.7 Å². The summed E-state index contributed by atoms with van der Waals surface area (Å²) >= 11 is 5.97. The summed E-state index contributed by atoms with van der Waals surface area (Å²) < 4.78 is 1.98. The zero-order valence-corrected chi connectivity index (χ0v) is 12.1. The second-order valence-electron chi connectivity index (χ2n) is 5.97. The Morgan fingerprint density at radius 1 is 1.32 bits per heavy atom. The molecule has 3 nitrogen and oxygen atoms in total. The quantitative estimate of drug-likeness (QED) is 0.924. The molecule has 102 valence electrons. The Balaban J connectivity index is 1.62. The molecule has 1 fully saturated rings. The minimum atomic E-state index is 0.489. The van der Waals surface area contributed by atoms with Crippen LogP contribution in [0.4, 0.5) is 0 Å². The highest BCUT2D eigenvalue weighted by Crippen LogP contribution is 2.36. The van der Waals surface area contributed by atoms with E-state index in [-0.39, 0.29) is 0 Å². The standard InChI is InChI=1S/C15H20ClN3/c1-15(6-2-3-7-15)11-17-8-13-10-19-9-12(16)4-5-14(19)18-13/h4-5,9-10,17H,2-3,6-8,11H2,1H3. The molecule has 1 saturated carbocycles. The predicted molar refractivity (Wildman–Crippen MR) is 78.5 cm³/mol. The van der Waals surface area contributed by atoms with Crippen LogP contribution in [0, 0.1) is 5.41 Å². The highest BCUT2D eigenvalue weighted by Gasteiger charge is 2.27. The van der Waals surface area contributed by atoms with Gasteiger partial charge in [-0.1, -0.05) is 31.4 Å². The fourth-order valence-corrected chi connectivity index (χ4v) is 3.17. The van der Waals surface area contributed by atoms with Gasteiger partial charge in [0.2, 0.25) is 0 Å². The molecule has 0 unspecified atom stereocenters. The van der Waals surface area contributed by atoms with Crippen molar-refractivity contribution in [1.82, 2.24) is 14.7 Å². The molecule has 0 saturated heterocycles. The first-order chi connectivity index (χ1) is 9.15. The van der Waals surface area contributed by atoms with Gasteiger partial charge in [-0.05, 0) is 30.4 Å². The number of rotatable bonds is 4. The van der Waals surface area contributed by atoms with Crippen LogP contribution in [0.1, 0.15) is 38.3 Å². The summed E-state index contributed by atoms with van der Waals surface area (Å²) in [6.45, 7) is 4.30. The Morgan fingerprint density at radius 3 is 2.89 bits per heavy atom. The molecule has 0 radical (unpaired) electrons. The fourth-order valence-electron chi connectivity index (χ4n) is 3.00. The normalized spacial score (nSPS) is 18.2. The Morgan fingerprint density at radius 2 is 2.11 bits per heavy atom. The fraction of sp³-hybridized carbons (Fsp3) is 0.533. The topological polar surface area (TPSA) is 29.3 Å². The van der Waals surface area contributed by atoms with Crippen molar-refractivity contribution in [2.45, 2.75) is 39.2 Å². The van der Waals surface area contributed by atoms with Gasteiger partial charge in [0.1, 0.15) is 5.65 Å². The third kappa shape index (κ3) is 2.93. The number of pyridine rings is 1. The van der Waals surface area contributed by atoms with Crippen molar-refractivity contribution in [2.24, 2.45) is 5.41 Å². The Kier molecular flexibility index (Phi) is 3.50. The van der Waals surface area contributed by atoms with Crippen LogP contribution in [0.3, 0.4) is 0 Å². The van der Waals surface area contributed by atoms with Gasteiger partial charge < -0.3 is 9.72 Å². The van der Waals surface area contributed by atoms with E-state index in [1.807, 2.05) is 28.9 Å². The number of nitrogens with zero attached hydrogens (tertiary/aromatic N) is 2. The Hall–Kier alpha value is -1.06. The number of hydrogen-bond acceptors (Lipinski definition) is 2. The maximum absolute atomic E-state index is 5.97. The number of hydrogen-bond donors (Lipinski definition) is 1. The van der Waals surface area contributed by atoms with Crippen LogP contribution in [0.2, 0.25) is 5.02 Å². The lowest BCUT2D eigenvalue weighted by atomic mass is 9.89. The predicted octanol–water partition coefficient (Wildman–Crippen LogP) is 3.66. The number of nitrogens with one attached hydrogen (secondary N) is 1. The molecule has 2 heterocycles. The average molecular weight is 278 g/mol. The Labute approximate surface area is 119 Å². The third-order valence-electron chi connectivity index (χ3n) is 4.13. The van der Waals surface area contributed by atoms with Crippen LogP contribution in [0.25, 0.3) is 5.65 Å². The summed E-state index contributed by atoms with van der Waals surface area (Å²) in [5, 5.41) is 4.29. The summed E-state index contributed by atoms with van der Waals surface area (Å²) in [7, 11) is 0. The first-order valence-electron chi connectivity index (χ1n) is 6.99. The van der Waals surface area contributed by atoms with Gasteiger partial charge in [-0.2, -0.15) is 0 Å². The summed E-state index contributed by atoms with van der Waals surface area (Å²) in [6, 6.07) is 3.82. The van der Waals surface area contributed by atoms with Crippen molar-refractivity contribution in [3.8, 4) is 0 Å². The molecule has 0 aliphatic heterocycles. The molecule has 0 amide bonds. The van der Waals surface area contributed by atoms with E-state index in [1.54, 1.807) is 0 Å². The highest BCUT2D eigenvalue weighted by atomic mass is 35.5. The molecule has 0 bridgehead atoms. The summed E-state index contributed by atoms with van der Waals surface area (Å²) in [4.78, 5) is 4.58. The molecule has 0 aromatic carbocycles. The van der Waals surface area contributed by atoms with E-state index in [4.69, 9.17) is 11.6 Å². The molecule has 3 rings (SSSR count). The van der Waals surface area contributed by atoms with Gasteiger partial charge in [0.15, 0.2) is 0 Å². The minimum absolute atomic E-state index is 0.489. The van der Waals surface area contributed by atoms with Crippen molar-refractivity contribution >= 4 is 17.2 Å². The first kappa shape index (κ1) is 12.9. The summed E-state index contributed by atoms with van der Waals surface area (Å²) in [6.07, 6.45) is 9.40. The molecule has 19 heavy (non-hydrogen) atoms. The van der Waals surface area contributed by atoms with E-state index in [0.717, 1.165) is 29.5 Å². The van der Waals surface area contributed by atoms with Crippen molar-refractivity contribution in [2.75, 3.05) is 6.54 Å². The van der Waals surface area contributed by atoms with Gasteiger partial charge in [0.25, 0.3) is 0 Å². The third-order valence-corrected chi connectivity index (χ3v) is 4.36. The van der Waals surface area contributed by atoms with Gasteiger partial charge in [0, 0.05) is 25.5 Å². The van der Waals surface area contributed by atoms with Crippen molar-refractivity contribution in [3.05, 3.63) is 35.2 Å². The number of fused-ring (bicyclic) bond motifs is 1. The van der Waals surface area contributed by atoms with E-state index in [0.29, 0.717) is 5.41 Å². The van der Waals surface area contributed by atoms with E-state index < -0.39 is 0 Å². The second-order valence-corrected chi connectivity index (χ2v) is 6.40. The lowest BCUT2D eigenvalue weighted by molar-refractivity contribution is 0.314. The molecule has 1 aliphatic rings. The first-order valence-corrected chi connectivity index (χ1v) is 7.36. The van der Waals surface area contributed by atoms with E-state index in [2.05, 4.69) is 17.2 Å². The van der Waals surface area contributed by atoms with Gasteiger partial charge in [-0.3, -0.25) is 0 Å². The summed E-state index contributed by atoms with van der Waals surface area (Å²) in [5.74, 6) is 0. The Bertz CT molecular complexity index is 570. The summed E-state index contributed by atoms with van der Waals surface area (Å²) in [5.41, 5.74) is 2.51. The van der Waals surface area contributed by atoms with Crippen LogP contribution in [0.5, 0.6) is 0 Å². The number of aromatic nitrogens is 2. The molecule has 2 aromatic rings. The lowest BCUT2D eigenvalue weighted by Crippen LogP contribution is -2.29. The minimum Gasteiger partial charge on any atom is -0.311 e. The van der Waals surface area contributed by atoms with Gasteiger partial charge >= 0.3 is 0 Å². The molecular formula is C15H20ClN3. The van der Waals surface area contributed by atoms with Crippen LogP contribution >= 0.6 is 11.6 Å². The molecule has 1 N–H and O–H groups in total. The SMILES string of the molecule is CC1(CNCc2cn3cc(Cl)ccc3n2)CCCC1. The largest absolute Gasteiger partial charge is 0.311 e. The lowest BCUT2D eigenvalue weighted by Gasteiger charge is -2.23. The molecule has 2 aromatic heterocycles. The smallest absolute Gasteiger partial charge is 0.137 e. The average Bonchev–Trinajstić information content (AvgIpc) is 2.95. The van der Waals surface area contributed by atoms with Crippen molar-refractivity contribution in [1.29, 1.82) is 0 Å². The maximum atomic E-state index is 5.97. The van der Waals surface area contributed by atoms with Gasteiger partial charge in [-0.15, -0.1) is 0 Å². The molecule has 1 aliphatic carbocycles. The van der Waals surface area contributed by atoms with Crippen LogP contribution in [-0.2, 0) is 6.54 Å². The number of imidazole rings is 1. The highest BCUT2D eigenvalue weighted by molar-refractivity contribution is 6.30. The molecule has 0 spiro atoms. The van der Waals surface area contributed by atoms with E-state index in [1.165, 1.54) is 25.7 Å². The molecular weight excluding hydrogens is 258 g/mol.